The molecule has 0 bridgehead atoms. The van der Waals surface area contributed by atoms with Crippen LogP contribution in [0.1, 0.15) is 5.56 Å². The summed E-state index contributed by atoms with van der Waals surface area (Å²) < 4.78 is 32.4. The molecule has 1 rings (SSSR count). The molecule has 0 radical (unpaired) electrons. The zero-order valence-electron chi connectivity index (χ0n) is 11.4. The zero-order valence-corrected chi connectivity index (χ0v) is 12.2. The third-order valence-electron chi connectivity index (χ3n) is 2.48. The minimum atomic E-state index is -2.88. The fourth-order valence-electron chi connectivity index (χ4n) is 1.48. The number of hydrogen-bond donors (Lipinski definition) is 1. The van der Waals surface area contributed by atoms with E-state index in [1.54, 1.807) is 7.11 Å². The number of benzene rings is 1. The first-order chi connectivity index (χ1) is 9.01. The number of ether oxygens (including phenoxy) is 2. The van der Waals surface area contributed by atoms with Gasteiger partial charge in [0.15, 0.2) is 0 Å². The summed E-state index contributed by atoms with van der Waals surface area (Å²) in [6.45, 7) is 2.16. The quantitative estimate of drug-likeness (QED) is 0.682. The Kier molecular flexibility index (Phi) is 6.83. The van der Waals surface area contributed by atoms with Gasteiger partial charge in [0.1, 0.15) is 15.6 Å². The van der Waals surface area contributed by atoms with E-state index in [0.29, 0.717) is 26.3 Å². The van der Waals surface area contributed by atoms with Gasteiger partial charge < -0.3 is 14.8 Å². The number of nitrogens with one attached hydrogen (secondary N) is 1. The van der Waals surface area contributed by atoms with Crippen molar-refractivity contribution in [1.29, 1.82) is 0 Å². The van der Waals surface area contributed by atoms with Gasteiger partial charge >= 0.3 is 0 Å². The van der Waals surface area contributed by atoms with E-state index in [9.17, 15) is 8.42 Å². The molecule has 1 N–H and O–H groups in total. The van der Waals surface area contributed by atoms with E-state index in [1.165, 1.54) is 6.26 Å². The molecule has 1 aromatic rings. The molecule has 0 saturated heterocycles. The second kappa shape index (κ2) is 8.14. The Morgan fingerprint density at radius 1 is 1.26 bits per heavy atom. The van der Waals surface area contributed by atoms with Crippen molar-refractivity contribution in [1.82, 2.24) is 5.32 Å². The van der Waals surface area contributed by atoms with Gasteiger partial charge in [-0.1, -0.05) is 12.1 Å². The van der Waals surface area contributed by atoms with Crippen molar-refractivity contribution in [2.45, 2.75) is 6.61 Å². The van der Waals surface area contributed by atoms with E-state index in [-0.39, 0.29) is 5.75 Å². The molecule has 0 saturated carbocycles. The van der Waals surface area contributed by atoms with Crippen molar-refractivity contribution >= 4 is 9.84 Å². The molecule has 0 aliphatic carbocycles. The van der Waals surface area contributed by atoms with Gasteiger partial charge in [0.25, 0.3) is 0 Å². The first-order valence-corrected chi connectivity index (χ1v) is 8.16. The van der Waals surface area contributed by atoms with E-state index in [0.717, 1.165) is 11.3 Å². The summed E-state index contributed by atoms with van der Waals surface area (Å²) >= 11 is 0. The van der Waals surface area contributed by atoms with Gasteiger partial charge in [0.2, 0.25) is 0 Å². The Bertz CT molecular complexity index is 473. The van der Waals surface area contributed by atoms with Crippen LogP contribution in [0.15, 0.2) is 24.3 Å². The van der Waals surface area contributed by atoms with Crippen molar-refractivity contribution in [3.63, 3.8) is 0 Å². The highest BCUT2D eigenvalue weighted by atomic mass is 32.2. The number of hydrogen-bond acceptors (Lipinski definition) is 5. The van der Waals surface area contributed by atoms with Gasteiger partial charge in [-0.05, 0) is 17.7 Å². The lowest BCUT2D eigenvalue weighted by Crippen LogP contribution is -2.25. The standard InChI is InChI=1S/C13H21NO4S/c1-17-13-5-3-4-12(10-13)11-18-8-6-14-7-9-19(2,15)16/h3-5,10,14H,6-9,11H2,1-2H3. The van der Waals surface area contributed by atoms with Crippen LogP contribution >= 0.6 is 0 Å². The average molecular weight is 287 g/mol. The Morgan fingerprint density at radius 3 is 2.74 bits per heavy atom. The number of methoxy groups -OCH3 is 1. The molecule has 6 heteroatoms. The molecule has 0 fully saturated rings. The summed E-state index contributed by atoms with van der Waals surface area (Å²) in [6, 6.07) is 7.70. The Balaban J connectivity index is 2.10. The summed E-state index contributed by atoms with van der Waals surface area (Å²) in [7, 11) is -1.25. The van der Waals surface area contributed by atoms with Crippen LogP contribution in [0.3, 0.4) is 0 Å². The van der Waals surface area contributed by atoms with Crippen LogP contribution in [-0.2, 0) is 21.2 Å². The molecule has 0 aliphatic heterocycles. The van der Waals surface area contributed by atoms with Gasteiger partial charge in [0, 0.05) is 19.3 Å². The van der Waals surface area contributed by atoms with Crippen molar-refractivity contribution in [3.05, 3.63) is 29.8 Å². The summed E-state index contributed by atoms with van der Waals surface area (Å²) in [5, 5.41) is 3.02. The average Bonchev–Trinajstić information content (AvgIpc) is 2.36. The summed E-state index contributed by atoms with van der Waals surface area (Å²) in [6.07, 6.45) is 1.23. The first kappa shape index (κ1) is 15.9. The maximum absolute atomic E-state index is 10.9. The van der Waals surface area contributed by atoms with Crippen molar-refractivity contribution in [2.75, 3.05) is 38.8 Å². The van der Waals surface area contributed by atoms with Gasteiger partial charge in [-0.15, -0.1) is 0 Å². The molecule has 0 heterocycles. The zero-order chi connectivity index (χ0) is 14.1. The van der Waals surface area contributed by atoms with Gasteiger partial charge in [-0.3, -0.25) is 0 Å². The van der Waals surface area contributed by atoms with Gasteiger partial charge in [0.05, 0.1) is 26.1 Å². The molecule has 0 aromatic heterocycles. The lowest BCUT2D eigenvalue weighted by molar-refractivity contribution is 0.123. The molecule has 0 atom stereocenters. The Hall–Kier alpha value is -1.11. The molecule has 1 aromatic carbocycles. The molecule has 0 amide bonds. The molecule has 19 heavy (non-hydrogen) atoms. The second-order valence-corrected chi connectivity index (χ2v) is 6.54. The highest BCUT2D eigenvalue weighted by Crippen LogP contribution is 2.12. The van der Waals surface area contributed by atoms with E-state index >= 15 is 0 Å². The van der Waals surface area contributed by atoms with Crippen LogP contribution in [0.25, 0.3) is 0 Å². The largest absolute Gasteiger partial charge is 0.497 e. The third kappa shape index (κ3) is 7.81. The maximum Gasteiger partial charge on any atom is 0.148 e. The second-order valence-electron chi connectivity index (χ2n) is 4.28. The van der Waals surface area contributed by atoms with Crippen LogP contribution in [-0.4, -0.2) is 47.2 Å². The maximum atomic E-state index is 10.9. The van der Waals surface area contributed by atoms with Crippen LogP contribution in [0.5, 0.6) is 5.75 Å². The lowest BCUT2D eigenvalue weighted by Gasteiger charge is -2.07. The highest BCUT2D eigenvalue weighted by molar-refractivity contribution is 7.90. The van der Waals surface area contributed by atoms with Crippen molar-refractivity contribution in [2.24, 2.45) is 0 Å². The fourth-order valence-corrected chi connectivity index (χ4v) is 1.99. The Labute approximate surface area is 114 Å². The van der Waals surface area contributed by atoms with E-state index < -0.39 is 9.84 Å². The molecule has 0 unspecified atom stereocenters. The van der Waals surface area contributed by atoms with E-state index in [4.69, 9.17) is 9.47 Å². The summed E-state index contributed by atoms with van der Waals surface area (Å²) in [5.41, 5.74) is 1.05. The molecular weight excluding hydrogens is 266 g/mol. The molecule has 5 nitrogen and oxygen atoms in total. The predicted molar refractivity (Wildman–Crippen MR) is 75.2 cm³/mol. The first-order valence-electron chi connectivity index (χ1n) is 6.10. The van der Waals surface area contributed by atoms with E-state index in [1.807, 2.05) is 24.3 Å². The van der Waals surface area contributed by atoms with E-state index in [2.05, 4.69) is 5.32 Å². The monoisotopic (exact) mass is 287 g/mol. The Morgan fingerprint density at radius 2 is 2.05 bits per heavy atom. The topological polar surface area (TPSA) is 64.6 Å². The molecule has 108 valence electrons. The normalized spacial score (nSPS) is 11.5. The van der Waals surface area contributed by atoms with Crippen molar-refractivity contribution < 1.29 is 17.9 Å². The number of sulfone groups is 1. The molecular formula is C13H21NO4S. The summed E-state index contributed by atoms with van der Waals surface area (Å²) in [5.74, 6) is 0.968. The number of rotatable bonds is 9. The third-order valence-corrected chi connectivity index (χ3v) is 3.42. The molecule has 0 aliphatic rings. The fraction of sp³-hybridized carbons (Fsp3) is 0.538. The predicted octanol–water partition coefficient (Wildman–Crippen LogP) is 0.846. The minimum absolute atomic E-state index is 0.156. The van der Waals surface area contributed by atoms with Crippen LogP contribution in [0, 0.1) is 0 Å². The highest BCUT2D eigenvalue weighted by Gasteiger charge is 2.00. The van der Waals surface area contributed by atoms with Crippen molar-refractivity contribution in [3.8, 4) is 5.75 Å². The minimum Gasteiger partial charge on any atom is -0.497 e. The SMILES string of the molecule is COc1cccc(COCCNCCS(C)(=O)=O)c1. The van der Waals surface area contributed by atoms with Crippen LogP contribution < -0.4 is 10.1 Å². The van der Waals surface area contributed by atoms with Gasteiger partial charge in [-0.2, -0.15) is 0 Å². The summed E-state index contributed by atoms with van der Waals surface area (Å²) in [4.78, 5) is 0. The van der Waals surface area contributed by atoms with Gasteiger partial charge in [-0.25, -0.2) is 8.42 Å². The lowest BCUT2D eigenvalue weighted by atomic mass is 10.2. The van der Waals surface area contributed by atoms with Crippen LogP contribution in [0.4, 0.5) is 0 Å². The molecule has 0 spiro atoms. The van der Waals surface area contributed by atoms with Crippen LogP contribution in [0.2, 0.25) is 0 Å². The smallest absolute Gasteiger partial charge is 0.148 e.